The minimum atomic E-state index is 0.117. The van der Waals surface area contributed by atoms with Crippen molar-refractivity contribution in [2.75, 3.05) is 19.6 Å². The van der Waals surface area contributed by atoms with E-state index in [1.807, 2.05) is 24.0 Å². The molecule has 0 saturated carbocycles. The Morgan fingerprint density at radius 3 is 2.85 bits per heavy atom. The summed E-state index contributed by atoms with van der Waals surface area (Å²) < 4.78 is 0. The fraction of sp³-hybridized carbons (Fsp3) is 0.625. The number of carbonyl (C=O) groups is 1. The number of nitrogens with one attached hydrogen (secondary N) is 1. The number of rotatable bonds is 4. The van der Waals surface area contributed by atoms with Gasteiger partial charge in [-0.05, 0) is 37.9 Å². The van der Waals surface area contributed by atoms with Crippen molar-refractivity contribution in [1.82, 2.24) is 15.2 Å². The lowest BCUT2D eigenvalue weighted by atomic mass is 9.89. The Bertz CT molecular complexity index is 444. The fourth-order valence-corrected chi connectivity index (χ4v) is 2.94. The summed E-state index contributed by atoms with van der Waals surface area (Å²) in [6.45, 7) is 8.96. The quantitative estimate of drug-likeness (QED) is 0.916. The van der Waals surface area contributed by atoms with E-state index in [1.54, 1.807) is 6.20 Å². The van der Waals surface area contributed by atoms with Crippen LogP contribution in [0.4, 0.5) is 0 Å². The van der Waals surface area contributed by atoms with E-state index in [0.717, 1.165) is 38.2 Å². The van der Waals surface area contributed by atoms with Gasteiger partial charge in [0.1, 0.15) is 0 Å². The van der Waals surface area contributed by atoms with Gasteiger partial charge in [0.05, 0.1) is 5.56 Å². The summed E-state index contributed by atoms with van der Waals surface area (Å²) in [6.07, 6.45) is 3.83. The van der Waals surface area contributed by atoms with E-state index < -0.39 is 0 Å². The standard InChI is InChI=1S/C16H25N3O/c1-4-13-11-19(9-8-15(13)17-5-2)16(20)14-7-6-12(3)18-10-14/h6-7,10,13,15,17H,4-5,8-9,11H2,1-3H3. The average molecular weight is 275 g/mol. The summed E-state index contributed by atoms with van der Waals surface area (Å²) in [6, 6.07) is 4.32. The summed E-state index contributed by atoms with van der Waals surface area (Å²) in [5, 5.41) is 3.54. The van der Waals surface area contributed by atoms with E-state index in [2.05, 4.69) is 24.1 Å². The van der Waals surface area contributed by atoms with Crippen LogP contribution in [0.3, 0.4) is 0 Å². The van der Waals surface area contributed by atoms with Crippen molar-refractivity contribution in [1.29, 1.82) is 0 Å². The average Bonchev–Trinajstić information content (AvgIpc) is 2.48. The summed E-state index contributed by atoms with van der Waals surface area (Å²) >= 11 is 0. The molecule has 0 bridgehead atoms. The molecule has 1 saturated heterocycles. The molecule has 1 fully saturated rings. The molecule has 0 radical (unpaired) electrons. The predicted molar refractivity (Wildman–Crippen MR) is 80.7 cm³/mol. The normalized spacial score (nSPS) is 22.9. The van der Waals surface area contributed by atoms with Crippen molar-refractivity contribution in [3.05, 3.63) is 29.6 Å². The zero-order chi connectivity index (χ0) is 14.5. The predicted octanol–water partition coefficient (Wildman–Crippen LogP) is 2.24. The molecule has 1 amide bonds. The van der Waals surface area contributed by atoms with Crippen LogP contribution in [0.2, 0.25) is 0 Å². The number of pyridine rings is 1. The van der Waals surface area contributed by atoms with Crippen LogP contribution in [-0.2, 0) is 0 Å². The van der Waals surface area contributed by atoms with Gasteiger partial charge in [-0.15, -0.1) is 0 Å². The number of carbonyl (C=O) groups excluding carboxylic acids is 1. The zero-order valence-electron chi connectivity index (χ0n) is 12.7. The summed E-state index contributed by atoms with van der Waals surface area (Å²) in [5.41, 5.74) is 1.64. The van der Waals surface area contributed by atoms with Crippen LogP contribution >= 0.6 is 0 Å². The van der Waals surface area contributed by atoms with Gasteiger partial charge in [0.15, 0.2) is 0 Å². The van der Waals surface area contributed by atoms with Gasteiger partial charge in [0.25, 0.3) is 5.91 Å². The summed E-state index contributed by atoms with van der Waals surface area (Å²) in [7, 11) is 0. The minimum Gasteiger partial charge on any atom is -0.338 e. The lowest BCUT2D eigenvalue weighted by Gasteiger charge is -2.38. The molecule has 1 aliphatic heterocycles. The second-order valence-electron chi connectivity index (χ2n) is 5.56. The highest BCUT2D eigenvalue weighted by Gasteiger charge is 2.30. The molecule has 0 aromatic carbocycles. The molecular weight excluding hydrogens is 250 g/mol. The number of likely N-dealkylation sites (tertiary alicyclic amines) is 1. The molecule has 1 aliphatic rings. The van der Waals surface area contributed by atoms with Gasteiger partial charge in [-0.3, -0.25) is 9.78 Å². The number of aromatic nitrogens is 1. The molecule has 0 spiro atoms. The van der Waals surface area contributed by atoms with Crippen molar-refractivity contribution in [3.63, 3.8) is 0 Å². The van der Waals surface area contributed by atoms with Crippen LogP contribution in [-0.4, -0.2) is 41.5 Å². The van der Waals surface area contributed by atoms with E-state index in [0.29, 0.717) is 17.5 Å². The van der Waals surface area contributed by atoms with E-state index in [-0.39, 0.29) is 5.91 Å². The molecule has 0 aliphatic carbocycles. The smallest absolute Gasteiger partial charge is 0.255 e. The van der Waals surface area contributed by atoms with Crippen LogP contribution in [0.5, 0.6) is 0 Å². The molecule has 1 N–H and O–H groups in total. The Morgan fingerprint density at radius 2 is 2.25 bits per heavy atom. The maximum Gasteiger partial charge on any atom is 0.255 e. The number of hydrogen-bond donors (Lipinski definition) is 1. The third-order valence-corrected chi connectivity index (χ3v) is 4.17. The Hall–Kier alpha value is -1.42. The van der Waals surface area contributed by atoms with Crippen LogP contribution in [0.15, 0.2) is 18.3 Å². The van der Waals surface area contributed by atoms with Crippen molar-refractivity contribution in [3.8, 4) is 0 Å². The van der Waals surface area contributed by atoms with E-state index in [9.17, 15) is 4.79 Å². The highest BCUT2D eigenvalue weighted by Crippen LogP contribution is 2.21. The third kappa shape index (κ3) is 3.37. The first-order valence-corrected chi connectivity index (χ1v) is 7.61. The van der Waals surface area contributed by atoms with Crippen LogP contribution in [0, 0.1) is 12.8 Å². The van der Waals surface area contributed by atoms with Gasteiger partial charge >= 0.3 is 0 Å². The molecule has 4 nitrogen and oxygen atoms in total. The molecule has 4 heteroatoms. The van der Waals surface area contributed by atoms with Crippen molar-refractivity contribution in [2.24, 2.45) is 5.92 Å². The number of piperidine rings is 1. The van der Waals surface area contributed by atoms with Crippen molar-refractivity contribution >= 4 is 5.91 Å². The minimum absolute atomic E-state index is 0.117. The molecule has 20 heavy (non-hydrogen) atoms. The lowest BCUT2D eigenvalue weighted by molar-refractivity contribution is 0.0627. The first kappa shape index (κ1) is 15.0. The highest BCUT2D eigenvalue weighted by atomic mass is 16.2. The van der Waals surface area contributed by atoms with E-state index in [1.165, 1.54) is 0 Å². The number of amides is 1. The topological polar surface area (TPSA) is 45.2 Å². The van der Waals surface area contributed by atoms with Gasteiger partial charge < -0.3 is 10.2 Å². The Balaban J connectivity index is 2.03. The maximum absolute atomic E-state index is 12.5. The van der Waals surface area contributed by atoms with Gasteiger partial charge in [-0.1, -0.05) is 20.3 Å². The maximum atomic E-state index is 12.5. The van der Waals surface area contributed by atoms with Gasteiger partial charge in [-0.25, -0.2) is 0 Å². The molecule has 2 heterocycles. The third-order valence-electron chi connectivity index (χ3n) is 4.17. The SMILES string of the molecule is CCNC1CCN(C(=O)c2ccc(C)nc2)CC1CC. The van der Waals surface area contributed by atoms with Gasteiger partial charge in [-0.2, -0.15) is 0 Å². The van der Waals surface area contributed by atoms with Gasteiger partial charge in [0, 0.05) is 31.0 Å². The molecule has 2 unspecified atom stereocenters. The van der Waals surface area contributed by atoms with Crippen LogP contribution < -0.4 is 5.32 Å². The number of aryl methyl sites for hydroxylation is 1. The van der Waals surface area contributed by atoms with Gasteiger partial charge in [0.2, 0.25) is 0 Å². The highest BCUT2D eigenvalue weighted by molar-refractivity contribution is 5.94. The molecule has 2 rings (SSSR count). The van der Waals surface area contributed by atoms with Crippen LogP contribution in [0.1, 0.15) is 42.7 Å². The fourth-order valence-electron chi connectivity index (χ4n) is 2.94. The monoisotopic (exact) mass is 275 g/mol. The number of hydrogen-bond acceptors (Lipinski definition) is 3. The lowest BCUT2D eigenvalue weighted by Crippen LogP contribution is -2.50. The van der Waals surface area contributed by atoms with Crippen molar-refractivity contribution < 1.29 is 4.79 Å². The molecule has 2 atom stereocenters. The van der Waals surface area contributed by atoms with E-state index >= 15 is 0 Å². The Morgan fingerprint density at radius 1 is 1.45 bits per heavy atom. The number of nitrogens with zero attached hydrogens (tertiary/aromatic N) is 2. The Kier molecular flexibility index (Phi) is 5.12. The largest absolute Gasteiger partial charge is 0.338 e. The molecule has 1 aromatic rings. The van der Waals surface area contributed by atoms with E-state index in [4.69, 9.17) is 0 Å². The molecular formula is C16H25N3O. The second kappa shape index (κ2) is 6.84. The second-order valence-corrected chi connectivity index (χ2v) is 5.56. The first-order chi connectivity index (χ1) is 9.65. The summed E-state index contributed by atoms with van der Waals surface area (Å²) in [5.74, 6) is 0.664. The van der Waals surface area contributed by atoms with Crippen molar-refractivity contribution in [2.45, 2.75) is 39.7 Å². The summed E-state index contributed by atoms with van der Waals surface area (Å²) in [4.78, 5) is 18.7. The molecule has 1 aromatic heterocycles. The zero-order valence-corrected chi connectivity index (χ0v) is 12.7. The Labute approximate surface area is 121 Å². The van der Waals surface area contributed by atoms with Crippen LogP contribution in [0.25, 0.3) is 0 Å². The first-order valence-electron chi connectivity index (χ1n) is 7.61. The molecule has 110 valence electrons.